The second-order valence-electron chi connectivity index (χ2n) is 4.48. The molecule has 4 nitrogen and oxygen atoms in total. The molecular formula is C12H19N3O. The molecule has 16 heavy (non-hydrogen) atoms. The van der Waals surface area contributed by atoms with Crippen LogP contribution in [0.25, 0.3) is 0 Å². The zero-order valence-electron chi connectivity index (χ0n) is 9.85. The normalized spacial score (nSPS) is 18.3. The van der Waals surface area contributed by atoms with E-state index in [0.29, 0.717) is 11.7 Å². The second kappa shape index (κ2) is 5.23. The number of hydrogen-bond donors (Lipinski definition) is 0. The highest BCUT2D eigenvalue weighted by atomic mass is 16.1. The van der Waals surface area contributed by atoms with Gasteiger partial charge in [0, 0.05) is 0 Å². The Hall–Kier alpha value is -1.19. The third-order valence-electron chi connectivity index (χ3n) is 3.44. The van der Waals surface area contributed by atoms with Gasteiger partial charge < -0.3 is 0 Å². The fraction of sp³-hybridized carbons (Fsp3) is 0.750. The Bertz CT molecular complexity index is 351. The molecule has 1 aliphatic rings. The highest BCUT2D eigenvalue weighted by Gasteiger charge is 2.19. The highest BCUT2D eigenvalue weighted by Crippen LogP contribution is 2.27. The van der Waals surface area contributed by atoms with E-state index in [0.717, 1.165) is 18.4 Å². The number of nitrogens with zero attached hydrogens (tertiary/aromatic N) is 3. The first-order valence-electron chi connectivity index (χ1n) is 6.26. The van der Waals surface area contributed by atoms with Crippen molar-refractivity contribution in [2.24, 2.45) is 0 Å². The van der Waals surface area contributed by atoms with Crippen molar-refractivity contribution in [2.45, 2.75) is 57.9 Å². The molecule has 0 N–H and O–H groups in total. The maximum atomic E-state index is 10.8. The molecule has 0 saturated heterocycles. The molecule has 0 radical (unpaired) electrons. The summed E-state index contributed by atoms with van der Waals surface area (Å²) in [6, 6.07) is 0.457. The van der Waals surface area contributed by atoms with Gasteiger partial charge in [-0.15, -0.1) is 5.10 Å². The van der Waals surface area contributed by atoms with Crippen molar-refractivity contribution in [1.29, 1.82) is 0 Å². The maximum Gasteiger partial charge on any atom is 0.172 e. The van der Waals surface area contributed by atoms with Crippen molar-refractivity contribution in [3.63, 3.8) is 0 Å². The van der Waals surface area contributed by atoms with E-state index in [1.54, 1.807) is 0 Å². The van der Waals surface area contributed by atoms with Crippen LogP contribution in [-0.2, 0) is 6.42 Å². The topological polar surface area (TPSA) is 47.8 Å². The average molecular weight is 221 g/mol. The van der Waals surface area contributed by atoms with Gasteiger partial charge in [-0.2, -0.15) is 0 Å². The number of carbonyl (C=O) groups is 1. The van der Waals surface area contributed by atoms with Crippen molar-refractivity contribution in [2.75, 3.05) is 0 Å². The smallest absolute Gasteiger partial charge is 0.172 e. The fourth-order valence-electron chi connectivity index (χ4n) is 2.56. The highest BCUT2D eigenvalue weighted by molar-refractivity contribution is 5.73. The van der Waals surface area contributed by atoms with Gasteiger partial charge in [-0.3, -0.25) is 4.79 Å². The molecule has 0 atom stereocenters. The van der Waals surface area contributed by atoms with Crippen LogP contribution in [0.2, 0.25) is 0 Å². The Morgan fingerprint density at radius 1 is 1.31 bits per heavy atom. The molecule has 88 valence electrons. The van der Waals surface area contributed by atoms with Crippen LogP contribution in [0, 0.1) is 0 Å². The minimum absolute atomic E-state index is 0.457. The van der Waals surface area contributed by atoms with Crippen molar-refractivity contribution >= 4 is 6.29 Å². The Kier molecular flexibility index (Phi) is 3.70. The summed E-state index contributed by atoms with van der Waals surface area (Å²) >= 11 is 0. The molecular weight excluding hydrogens is 202 g/mol. The minimum Gasteiger partial charge on any atom is -0.296 e. The number of carbonyl (C=O) groups excluding carboxylic acids is 1. The van der Waals surface area contributed by atoms with E-state index in [-0.39, 0.29) is 0 Å². The monoisotopic (exact) mass is 221 g/mol. The predicted molar refractivity (Wildman–Crippen MR) is 61.5 cm³/mol. The SMILES string of the molecule is CCc1c(C=O)nnn1C1CCCCCC1. The molecule has 0 spiro atoms. The van der Waals surface area contributed by atoms with E-state index in [1.807, 2.05) is 4.68 Å². The van der Waals surface area contributed by atoms with Gasteiger partial charge >= 0.3 is 0 Å². The van der Waals surface area contributed by atoms with Crippen LogP contribution in [0.1, 0.15) is 67.7 Å². The van der Waals surface area contributed by atoms with E-state index >= 15 is 0 Å². The lowest BCUT2D eigenvalue weighted by molar-refractivity contribution is 0.111. The van der Waals surface area contributed by atoms with Crippen LogP contribution in [0.15, 0.2) is 0 Å². The number of aromatic nitrogens is 3. The molecule has 1 aromatic rings. The molecule has 2 rings (SSSR count). The predicted octanol–water partition coefficient (Wildman–Crippen LogP) is 2.55. The Labute approximate surface area is 96.0 Å². The van der Waals surface area contributed by atoms with E-state index in [4.69, 9.17) is 0 Å². The first-order valence-corrected chi connectivity index (χ1v) is 6.26. The number of aldehydes is 1. The van der Waals surface area contributed by atoms with E-state index in [9.17, 15) is 4.79 Å². The van der Waals surface area contributed by atoms with Crippen molar-refractivity contribution in [3.05, 3.63) is 11.4 Å². The van der Waals surface area contributed by atoms with Crippen LogP contribution in [0.5, 0.6) is 0 Å². The molecule has 1 heterocycles. The van der Waals surface area contributed by atoms with Gasteiger partial charge in [0.2, 0.25) is 0 Å². The quantitative estimate of drug-likeness (QED) is 0.582. The third-order valence-corrected chi connectivity index (χ3v) is 3.44. The molecule has 0 aromatic carbocycles. The summed E-state index contributed by atoms with van der Waals surface area (Å²) in [5.74, 6) is 0. The molecule has 0 unspecified atom stereocenters. The van der Waals surface area contributed by atoms with Gasteiger partial charge in [0.05, 0.1) is 11.7 Å². The Morgan fingerprint density at radius 3 is 2.56 bits per heavy atom. The Morgan fingerprint density at radius 2 is 2.00 bits per heavy atom. The van der Waals surface area contributed by atoms with Gasteiger partial charge in [0.15, 0.2) is 6.29 Å². The largest absolute Gasteiger partial charge is 0.296 e. The zero-order valence-corrected chi connectivity index (χ0v) is 9.85. The molecule has 1 saturated carbocycles. The van der Waals surface area contributed by atoms with E-state index in [1.165, 1.54) is 38.5 Å². The standard InChI is InChI=1S/C12H19N3O/c1-2-12-11(9-16)13-14-15(12)10-7-5-3-4-6-8-10/h9-10H,2-8H2,1H3. The lowest BCUT2D eigenvalue weighted by Crippen LogP contribution is -2.13. The van der Waals surface area contributed by atoms with Gasteiger partial charge in [0.25, 0.3) is 0 Å². The van der Waals surface area contributed by atoms with Crippen LogP contribution >= 0.6 is 0 Å². The molecule has 4 heteroatoms. The van der Waals surface area contributed by atoms with Gasteiger partial charge in [-0.25, -0.2) is 4.68 Å². The number of hydrogen-bond acceptors (Lipinski definition) is 3. The lowest BCUT2D eigenvalue weighted by Gasteiger charge is -2.16. The van der Waals surface area contributed by atoms with Crippen molar-refractivity contribution < 1.29 is 4.79 Å². The van der Waals surface area contributed by atoms with Crippen LogP contribution in [0.3, 0.4) is 0 Å². The second-order valence-corrected chi connectivity index (χ2v) is 4.48. The summed E-state index contributed by atoms with van der Waals surface area (Å²) in [5, 5.41) is 8.11. The Balaban J connectivity index is 2.23. The third kappa shape index (κ3) is 2.15. The van der Waals surface area contributed by atoms with Gasteiger partial charge in [-0.1, -0.05) is 37.8 Å². The lowest BCUT2D eigenvalue weighted by atomic mass is 10.1. The molecule has 0 amide bonds. The van der Waals surface area contributed by atoms with E-state index in [2.05, 4.69) is 17.2 Å². The van der Waals surface area contributed by atoms with Gasteiger partial charge in [0.1, 0.15) is 5.69 Å². The fourth-order valence-corrected chi connectivity index (χ4v) is 2.56. The van der Waals surface area contributed by atoms with E-state index < -0.39 is 0 Å². The summed E-state index contributed by atoms with van der Waals surface area (Å²) in [6.45, 7) is 2.05. The molecule has 0 aliphatic heterocycles. The molecule has 1 aliphatic carbocycles. The molecule has 1 fully saturated rings. The summed E-state index contributed by atoms with van der Waals surface area (Å²) in [5.41, 5.74) is 1.52. The molecule has 0 bridgehead atoms. The van der Waals surface area contributed by atoms with Crippen LogP contribution in [-0.4, -0.2) is 21.3 Å². The van der Waals surface area contributed by atoms with Crippen molar-refractivity contribution in [1.82, 2.24) is 15.0 Å². The molecule has 1 aromatic heterocycles. The maximum absolute atomic E-state index is 10.8. The summed E-state index contributed by atoms with van der Waals surface area (Å²) in [6.07, 6.45) is 9.19. The van der Waals surface area contributed by atoms with Gasteiger partial charge in [-0.05, 0) is 19.3 Å². The van der Waals surface area contributed by atoms with Crippen molar-refractivity contribution in [3.8, 4) is 0 Å². The summed E-state index contributed by atoms with van der Waals surface area (Å²) < 4.78 is 2.00. The zero-order chi connectivity index (χ0) is 11.4. The summed E-state index contributed by atoms with van der Waals surface area (Å²) in [7, 11) is 0. The van der Waals surface area contributed by atoms with Crippen LogP contribution < -0.4 is 0 Å². The first-order chi connectivity index (χ1) is 7.86. The van der Waals surface area contributed by atoms with Crippen LogP contribution in [0.4, 0.5) is 0 Å². The number of rotatable bonds is 3. The first kappa shape index (κ1) is 11.3. The average Bonchev–Trinajstić information content (AvgIpc) is 2.54. The summed E-state index contributed by atoms with van der Waals surface area (Å²) in [4.78, 5) is 10.8. The minimum atomic E-state index is 0.457.